The maximum absolute atomic E-state index is 13.6. The van der Waals surface area contributed by atoms with Crippen molar-refractivity contribution in [2.45, 2.75) is 12.5 Å². The van der Waals surface area contributed by atoms with E-state index >= 15 is 0 Å². The average Bonchev–Trinajstić information content (AvgIpc) is 2.46. The molecule has 0 radical (unpaired) electrons. The molecule has 5 heteroatoms. The molecule has 0 bridgehead atoms. The molecule has 3 nitrogen and oxygen atoms in total. The number of benzene rings is 1. The highest BCUT2D eigenvalue weighted by atomic mass is 35.5. The number of nitriles is 1. The molecule has 0 unspecified atom stereocenters. The fraction of sp³-hybridized carbons (Fsp3) is 0.143. The summed E-state index contributed by atoms with van der Waals surface area (Å²) in [5.74, 6) is 0.423. The fourth-order valence-electron chi connectivity index (χ4n) is 1.47. The summed E-state index contributed by atoms with van der Waals surface area (Å²) >= 11 is 5.62. The Labute approximate surface area is 115 Å². The predicted molar refractivity (Wildman–Crippen MR) is 69.2 cm³/mol. The largest absolute Gasteiger partial charge is 0.487 e. The van der Waals surface area contributed by atoms with E-state index in [1.807, 2.05) is 6.07 Å². The fourth-order valence-corrected chi connectivity index (χ4v) is 1.63. The van der Waals surface area contributed by atoms with E-state index < -0.39 is 5.82 Å². The number of aromatic nitrogens is 1. The zero-order valence-corrected chi connectivity index (χ0v) is 10.7. The summed E-state index contributed by atoms with van der Waals surface area (Å²) in [5, 5.41) is 8.64. The van der Waals surface area contributed by atoms with Gasteiger partial charge in [-0.25, -0.2) is 4.39 Å². The Morgan fingerprint density at radius 1 is 1.32 bits per heavy atom. The van der Waals surface area contributed by atoms with Crippen molar-refractivity contribution in [3.8, 4) is 11.8 Å². The second-order valence-electron chi connectivity index (χ2n) is 3.83. The normalized spacial score (nSPS) is 9.95. The van der Waals surface area contributed by atoms with Gasteiger partial charge in [0.05, 0.1) is 29.4 Å². The van der Waals surface area contributed by atoms with E-state index in [0.29, 0.717) is 17.2 Å². The number of rotatable bonds is 4. The number of pyridine rings is 1. The number of nitrogens with zero attached hydrogens (tertiary/aromatic N) is 2. The van der Waals surface area contributed by atoms with Gasteiger partial charge in [-0.05, 0) is 24.3 Å². The van der Waals surface area contributed by atoms with Crippen molar-refractivity contribution in [2.24, 2.45) is 0 Å². The van der Waals surface area contributed by atoms with E-state index in [1.165, 1.54) is 12.1 Å². The highest BCUT2D eigenvalue weighted by Crippen LogP contribution is 2.15. The quantitative estimate of drug-likeness (QED) is 0.804. The van der Waals surface area contributed by atoms with Gasteiger partial charge in [0.2, 0.25) is 0 Å². The lowest BCUT2D eigenvalue weighted by Gasteiger charge is -2.07. The molecule has 0 atom stereocenters. The molecule has 0 aliphatic heterocycles. The van der Waals surface area contributed by atoms with E-state index in [1.54, 1.807) is 24.4 Å². The summed E-state index contributed by atoms with van der Waals surface area (Å²) in [6.45, 7) is 0.0828. The van der Waals surface area contributed by atoms with Gasteiger partial charge in [0.25, 0.3) is 0 Å². The van der Waals surface area contributed by atoms with E-state index in [2.05, 4.69) is 4.98 Å². The van der Waals surface area contributed by atoms with E-state index in [9.17, 15) is 4.39 Å². The Morgan fingerprint density at radius 2 is 2.16 bits per heavy atom. The maximum Gasteiger partial charge on any atom is 0.138 e. The molecule has 1 aromatic heterocycles. The number of ether oxygens (including phenoxy) is 1. The van der Waals surface area contributed by atoms with Crippen LogP contribution in [0.4, 0.5) is 4.39 Å². The first kappa shape index (κ1) is 13.3. The van der Waals surface area contributed by atoms with E-state index in [4.69, 9.17) is 21.6 Å². The van der Waals surface area contributed by atoms with E-state index in [-0.39, 0.29) is 12.2 Å². The molecule has 2 rings (SSSR count). The highest BCUT2D eigenvalue weighted by Gasteiger charge is 2.05. The summed E-state index contributed by atoms with van der Waals surface area (Å²) in [4.78, 5) is 4.07. The first-order valence-electron chi connectivity index (χ1n) is 5.55. The van der Waals surface area contributed by atoms with Gasteiger partial charge in [0.1, 0.15) is 18.2 Å². The molecule has 0 spiro atoms. The van der Waals surface area contributed by atoms with Crippen molar-refractivity contribution in [3.63, 3.8) is 0 Å². The molecular formula is C14H10ClFN2O. The minimum Gasteiger partial charge on any atom is -0.487 e. The van der Waals surface area contributed by atoms with Crippen LogP contribution in [0.2, 0.25) is 0 Å². The van der Waals surface area contributed by atoms with Gasteiger partial charge in [0.15, 0.2) is 0 Å². The Morgan fingerprint density at radius 3 is 2.74 bits per heavy atom. The zero-order valence-electron chi connectivity index (χ0n) is 9.94. The number of halogens is 2. The molecule has 0 amide bonds. The number of hydrogen-bond donors (Lipinski definition) is 0. The molecule has 0 aliphatic rings. The van der Waals surface area contributed by atoms with Crippen molar-refractivity contribution in [3.05, 3.63) is 59.2 Å². The van der Waals surface area contributed by atoms with Crippen LogP contribution >= 0.6 is 11.6 Å². The van der Waals surface area contributed by atoms with Crippen molar-refractivity contribution >= 4 is 11.6 Å². The topological polar surface area (TPSA) is 45.9 Å². The molecule has 0 fully saturated rings. The summed E-state index contributed by atoms with van der Waals surface area (Å²) in [7, 11) is 0. The van der Waals surface area contributed by atoms with Crippen LogP contribution < -0.4 is 4.74 Å². The minimum atomic E-state index is -0.454. The SMILES string of the molecule is N#Cc1ccc(COc2ccc(CCl)nc2)c(F)c1. The summed E-state index contributed by atoms with van der Waals surface area (Å²) in [5.41, 5.74) is 1.42. The smallest absolute Gasteiger partial charge is 0.138 e. The van der Waals surface area contributed by atoms with Gasteiger partial charge in [-0.1, -0.05) is 6.07 Å². The molecule has 1 aromatic carbocycles. The van der Waals surface area contributed by atoms with Crippen molar-refractivity contribution in [1.82, 2.24) is 4.98 Å². The maximum atomic E-state index is 13.6. The molecule has 0 aliphatic carbocycles. The molecule has 0 saturated heterocycles. The van der Waals surface area contributed by atoms with Crippen molar-refractivity contribution < 1.29 is 9.13 Å². The lowest BCUT2D eigenvalue weighted by atomic mass is 10.1. The molecule has 0 saturated carbocycles. The predicted octanol–water partition coefficient (Wildman–Crippen LogP) is 3.41. The molecule has 0 N–H and O–H groups in total. The highest BCUT2D eigenvalue weighted by molar-refractivity contribution is 6.16. The third-order valence-corrected chi connectivity index (χ3v) is 2.78. The Balaban J connectivity index is 2.04. The van der Waals surface area contributed by atoms with Crippen LogP contribution in [-0.2, 0) is 12.5 Å². The minimum absolute atomic E-state index is 0.0828. The average molecular weight is 277 g/mol. The van der Waals surface area contributed by atoms with Crippen LogP contribution in [-0.4, -0.2) is 4.98 Å². The standard InChI is InChI=1S/C14H10ClFN2O/c15-6-12-3-4-13(8-18-12)19-9-11-2-1-10(7-17)5-14(11)16/h1-5,8H,6,9H2. The molecule has 19 heavy (non-hydrogen) atoms. The molecule has 1 heterocycles. The summed E-state index contributed by atoms with van der Waals surface area (Å²) in [6, 6.07) is 9.63. The van der Waals surface area contributed by atoms with Gasteiger partial charge in [-0.15, -0.1) is 11.6 Å². The number of hydrogen-bond acceptors (Lipinski definition) is 3. The molecular weight excluding hydrogens is 267 g/mol. The van der Waals surface area contributed by atoms with E-state index in [0.717, 1.165) is 5.69 Å². The van der Waals surface area contributed by atoms with Gasteiger partial charge in [-0.3, -0.25) is 4.98 Å². The first-order chi connectivity index (χ1) is 9.22. The summed E-state index contributed by atoms with van der Waals surface area (Å²) in [6.07, 6.45) is 1.54. The van der Waals surface area contributed by atoms with Crippen LogP contribution in [0.1, 0.15) is 16.8 Å². The van der Waals surface area contributed by atoms with Crippen molar-refractivity contribution in [2.75, 3.05) is 0 Å². The zero-order chi connectivity index (χ0) is 13.7. The monoisotopic (exact) mass is 276 g/mol. The Bertz CT molecular complexity index is 608. The summed E-state index contributed by atoms with van der Waals surface area (Å²) < 4.78 is 19.0. The van der Waals surface area contributed by atoms with Crippen LogP contribution in [0, 0.1) is 17.1 Å². The van der Waals surface area contributed by atoms with Crippen LogP contribution in [0.25, 0.3) is 0 Å². The van der Waals surface area contributed by atoms with Crippen LogP contribution in [0.15, 0.2) is 36.5 Å². The lowest BCUT2D eigenvalue weighted by molar-refractivity contribution is 0.298. The Kier molecular flexibility index (Phi) is 4.32. The molecule has 2 aromatic rings. The third-order valence-electron chi connectivity index (χ3n) is 2.51. The second-order valence-corrected chi connectivity index (χ2v) is 4.09. The van der Waals surface area contributed by atoms with Gasteiger partial charge >= 0.3 is 0 Å². The van der Waals surface area contributed by atoms with Crippen LogP contribution in [0.5, 0.6) is 5.75 Å². The van der Waals surface area contributed by atoms with Crippen molar-refractivity contribution in [1.29, 1.82) is 5.26 Å². The van der Waals surface area contributed by atoms with Gasteiger partial charge in [-0.2, -0.15) is 5.26 Å². The second kappa shape index (κ2) is 6.17. The first-order valence-corrected chi connectivity index (χ1v) is 6.08. The van der Waals surface area contributed by atoms with Crippen LogP contribution in [0.3, 0.4) is 0 Å². The van der Waals surface area contributed by atoms with Gasteiger partial charge < -0.3 is 4.74 Å². The molecule has 96 valence electrons. The van der Waals surface area contributed by atoms with Gasteiger partial charge in [0, 0.05) is 5.56 Å². The lowest BCUT2D eigenvalue weighted by Crippen LogP contribution is -1.99. The number of alkyl halides is 1. The Hall–Kier alpha value is -2.12. The third kappa shape index (κ3) is 3.43.